The number of rotatable bonds is 4. The molecule has 2 heterocycles. The highest BCUT2D eigenvalue weighted by Crippen LogP contribution is 2.42. The minimum absolute atomic E-state index is 0. The average Bonchev–Trinajstić information content (AvgIpc) is 3.06. The first-order chi connectivity index (χ1) is 13.5. The fourth-order valence-corrected chi connectivity index (χ4v) is 5.19. The summed E-state index contributed by atoms with van der Waals surface area (Å²) >= 11 is 0. The van der Waals surface area contributed by atoms with Gasteiger partial charge in [0.1, 0.15) is 5.76 Å². The summed E-state index contributed by atoms with van der Waals surface area (Å²) < 4.78 is 4.96. The Labute approximate surface area is 190 Å². The van der Waals surface area contributed by atoms with E-state index in [4.69, 9.17) is 10.3 Å². The van der Waals surface area contributed by atoms with Gasteiger partial charge in [-0.3, -0.25) is 14.5 Å². The quantitative estimate of drug-likeness (QED) is 0.710. The van der Waals surface area contributed by atoms with E-state index in [0.717, 1.165) is 25.9 Å². The van der Waals surface area contributed by atoms with Gasteiger partial charge in [0.05, 0.1) is 6.54 Å². The van der Waals surface area contributed by atoms with E-state index in [2.05, 4.69) is 15.4 Å². The van der Waals surface area contributed by atoms with Gasteiger partial charge in [0.15, 0.2) is 5.82 Å². The van der Waals surface area contributed by atoms with E-state index < -0.39 is 0 Å². The van der Waals surface area contributed by atoms with Gasteiger partial charge in [-0.05, 0) is 44.4 Å². The molecule has 30 heavy (non-hydrogen) atoms. The van der Waals surface area contributed by atoms with Crippen LogP contribution in [0.15, 0.2) is 10.6 Å². The second-order valence-electron chi connectivity index (χ2n) is 8.67. The van der Waals surface area contributed by atoms with Crippen molar-refractivity contribution in [3.63, 3.8) is 0 Å². The average molecular weight is 462 g/mol. The Balaban J connectivity index is 0.00000160. The summed E-state index contributed by atoms with van der Waals surface area (Å²) in [5.41, 5.74) is 6.37. The summed E-state index contributed by atoms with van der Waals surface area (Å²) in [5, 5.41) is 6.52. The molecule has 2 bridgehead atoms. The van der Waals surface area contributed by atoms with Crippen LogP contribution in [-0.2, 0) is 9.59 Å². The Morgan fingerprint density at radius 2 is 1.80 bits per heavy atom. The normalized spacial score (nSPS) is 28.8. The van der Waals surface area contributed by atoms with Crippen molar-refractivity contribution in [2.45, 2.75) is 45.1 Å². The number of fused-ring (bicyclic) bond motifs is 2. The lowest BCUT2D eigenvalue weighted by Crippen LogP contribution is -2.54. The van der Waals surface area contributed by atoms with Gasteiger partial charge >= 0.3 is 0 Å². The standard InChI is InChI=1S/C20H31N5O3.2ClH/c1-13-9-17(23-28-13)22-18(26)12-24-5-7-25(8-6-24)20(27)16-10-14-3-2-4-15(11-16)19(14)21;;/h9,14-16,19H,2-8,10-12,21H2,1H3,(H,22,23,26);2*1H. The molecule has 1 aliphatic heterocycles. The smallest absolute Gasteiger partial charge is 0.239 e. The number of piperazine rings is 1. The molecular formula is C20H33Cl2N5O3. The molecule has 3 aliphatic rings. The maximum Gasteiger partial charge on any atom is 0.239 e. The SMILES string of the molecule is Cc1cc(NC(=O)CN2CCN(C(=O)C3CC4CCCC(C3)C4N)CC2)no1.Cl.Cl. The summed E-state index contributed by atoms with van der Waals surface area (Å²) in [6.07, 6.45) is 5.52. The highest BCUT2D eigenvalue weighted by atomic mass is 35.5. The summed E-state index contributed by atoms with van der Waals surface area (Å²) in [5.74, 6) is 2.47. The van der Waals surface area contributed by atoms with Crippen LogP contribution in [0.3, 0.4) is 0 Å². The van der Waals surface area contributed by atoms with Gasteiger partial charge in [-0.15, -0.1) is 24.8 Å². The molecule has 0 spiro atoms. The highest BCUT2D eigenvalue weighted by molar-refractivity contribution is 5.91. The number of carbonyl (C=O) groups excluding carboxylic acids is 2. The van der Waals surface area contributed by atoms with Crippen molar-refractivity contribution in [1.82, 2.24) is 15.0 Å². The zero-order valence-corrected chi connectivity index (χ0v) is 19.1. The van der Waals surface area contributed by atoms with Gasteiger partial charge < -0.3 is 20.5 Å². The molecule has 1 saturated heterocycles. The van der Waals surface area contributed by atoms with Gasteiger partial charge in [-0.2, -0.15) is 0 Å². The van der Waals surface area contributed by atoms with E-state index in [1.54, 1.807) is 13.0 Å². The summed E-state index contributed by atoms with van der Waals surface area (Å²) in [6.45, 7) is 4.90. The molecule has 3 N–H and O–H groups in total. The fraction of sp³-hybridized carbons (Fsp3) is 0.750. The van der Waals surface area contributed by atoms with Crippen molar-refractivity contribution in [1.29, 1.82) is 0 Å². The van der Waals surface area contributed by atoms with E-state index in [1.165, 1.54) is 19.3 Å². The van der Waals surface area contributed by atoms with Crippen molar-refractivity contribution in [2.75, 3.05) is 38.0 Å². The van der Waals surface area contributed by atoms with Crippen molar-refractivity contribution < 1.29 is 14.1 Å². The first-order valence-corrected chi connectivity index (χ1v) is 10.5. The van der Waals surface area contributed by atoms with Crippen LogP contribution < -0.4 is 11.1 Å². The minimum atomic E-state index is -0.109. The number of amides is 2. The van der Waals surface area contributed by atoms with E-state index >= 15 is 0 Å². The predicted molar refractivity (Wildman–Crippen MR) is 119 cm³/mol. The third kappa shape index (κ3) is 5.66. The Hall–Kier alpha value is -1.35. The zero-order valence-electron chi connectivity index (χ0n) is 17.4. The number of nitrogens with one attached hydrogen (secondary N) is 1. The molecule has 4 rings (SSSR count). The van der Waals surface area contributed by atoms with Crippen molar-refractivity contribution in [3.05, 3.63) is 11.8 Å². The van der Waals surface area contributed by atoms with Crippen molar-refractivity contribution in [2.24, 2.45) is 23.5 Å². The molecule has 2 amide bonds. The topological polar surface area (TPSA) is 105 Å². The molecule has 1 aromatic heterocycles. The Morgan fingerprint density at radius 1 is 1.17 bits per heavy atom. The molecule has 2 saturated carbocycles. The van der Waals surface area contributed by atoms with Crippen LogP contribution in [0.25, 0.3) is 0 Å². The fourth-order valence-electron chi connectivity index (χ4n) is 5.19. The number of carbonyl (C=O) groups is 2. The van der Waals surface area contributed by atoms with Crippen LogP contribution in [0.5, 0.6) is 0 Å². The Morgan fingerprint density at radius 3 is 2.37 bits per heavy atom. The second-order valence-corrected chi connectivity index (χ2v) is 8.67. The van der Waals surface area contributed by atoms with Crippen LogP contribution in [0.2, 0.25) is 0 Å². The van der Waals surface area contributed by atoms with Crippen LogP contribution in [-0.4, -0.2) is 65.5 Å². The molecule has 2 atom stereocenters. The third-order valence-corrected chi connectivity index (χ3v) is 6.71. The lowest BCUT2D eigenvalue weighted by atomic mass is 9.65. The second kappa shape index (κ2) is 10.8. The maximum absolute atomic E-state index is 13.0. The molecule has 2 aliphatic carbocycles. The number of anilines is 1. The molecule has 0 aromatic carbocycles. The monoisotopic (exact) mass is 461 g/mol. The number of aryl methyl sites for hydroxylation is 1. The van der Waals surface area contributed by atoms with E-state index in [0.29, 0.717) is 55.0 Å². The molecule has 0 radical (unpaired) electrons. The van der Waals surface area contributed by atoms with Crippen LogP contribution in [0.4, 0.5) is 5.82 Å². The lowest BCUT2D eigenvalue weighted by Gasteiger charge is -2.45. The number of nitrogens with two attached hydrogens (primary N) is 1. The molecule has 1 aromatic rings. The summed E-state index contributed by atoms with van der Waals surface area (Å²) in [7, 11) is 0. The number of hydrogen-bond donors (Lipinski definition) is 2. The highest BCUT2D eigenvalue weighted by Gasteiger charge is 2.41. The molecule has 2 unspecified atom stereocenters. The lowest BCUT2D eigenvalue weighted by molar-refractivity contribution is -0.140. The molecule has 8 nitrogen and oxygen atoms in total. The van der Waals surface area contributed by atoms with E-state index in [-0.39, 0.29) is 36.6 Å². The van der Waals surface area contributed by atoms with E-state index in [9.17, 15) is 9.59 Å². The van der Waals surface area contributed by atoms with Gasteiger partial charge in [0, 0.05) is 44.2 Å². The van der Waals surface area contributed by atoms with Crippen molar-refractivity contribution >= 4 is 42.4 Å². The first-order valence-electron chi connectivity index (χ1n) is 10.5. The first kappa shape index (κ1) is 24.9. The maximum atomic E-state index is 13.0. The third-order valence-electron chi connectivity index (χ3n) is 6.71. The van der Waals surface area contributed by atoms with E-state index in [1.807, 2.05) is 4.90 Å². The van der Waals surface area contributed by atoms with Gasteiger partial charge in [-0.1, -0.05) is 11.6 Å². The van der Waals surface area contributed by atoms with Gasteiger partial charge in [0.2, 0.25) is 11.8 Å². The Kier molecular flexibility index (Phi) is 8.97. The van der Waals surface area contributed by atoms with Crippen LogP contribution in [0, 0.1) is 24.7 Å². The largest absolute Gasteiger partial charge is 0.360 e. The van der Waals surface area contributed by atoms with Gasteiger partial charge in [-0.25, -0.2) is 0 Å². The zero-order chi connectivity index (χ0) is 19.7. The molecule has 170 valence electrons. The molecule has 3 fully saturated rings. The summed E-state index contributed by atoms with van der Waals surface area (Å²) in [4.78, 5) is 29.3. The minimum Gasteiger partial charge on any atom is -0.360 e. The van der Waals surface area contributed by atoms with Crippen LogP contribution >= 0.6 is 24.8 Å². The number of nitrogens with zero attached hydrogens (tertiary/aromatic N) is 3. The molecular weight excluding hydrogens is 429 g/mol. The van der Waals surface area contributed by atoms with Crippen molar-refractivity contribution in [3.8, 4) is 0 Å². The number of hydrogen-bond acceptors (Lipinski definition) is 6. The number of aromatic nitrogens is 1. The Bertz CT molecular complexity index is 709. The van der Waals surface area contributed by atoms with Gasteiger partial charge in [0.25, 0.3) is 0 Å². The summed E-state index contributed by atoms with van der Waals surface area (Å²) in [6, 6.07) is 1.99. The number of halogens is 2. The predicted octanol–water partition coefficient (Wildman–Crippen LogP) is 2.06. The molecule has 10 heteroatoms. The van der Waals surface area contributed by atoms with Crippen LogP contribution in [0.1, 0.15) is 37.9 Å².